The van der Waals surface area contributed by atoms with Crippen LogP contribution in [0, 0.1) is 17.2 Å². The molecule has 1 heterocycles. The minimum atomic E-state index is -0.915. The average Bonchev–Trinajstić information content (AvgIpc) is 2.81. The van der Waals surface area contributed by atoms with Crippen LogP contribution in [0.1, 0.15) is 34.7 Å². The van der Waals surface area contributed by atoms with Gasteiger partial charge in [-0.05, 0) is 71.8 Å². The lowest BCUT2D eigenvalue weighted by Crippen LogP contribution is -2.35. The number of carboxylic acid groups (broad SMARTS) is 1. The fourth-order valence-corrected chi connectivity index (χ4v) is 4.52. The highest BCUT2D eigenvalue weighted by molar-refractivity contribution is 6.30. The van der Waals surface area contributed by atoms with Gasteiger partial charge in [0.05, 0.1) is 17.6 Å². The van der Waals surface area contributed by atoms with Crippen LogP contribution in [0.5, 0.6) is 0 Å². The van der Waals surface area contributed by atoms with Crippen molar-refractivity contribution in [1.82, 2.24) is 0 Å². The Kier molecular flexibility index (Phi) is 6.25. The van der Waals surface area contributed by atoms with Gasteiger partial charge in [-0.2, -0.15) is 5.26 Å². The first-order valence-corrected chi connectivity index (χ1v) is 10.8. The summed E-state index contributed by atoms with van der Waals surface area (Å²) in [5.74, 6) is -0.821. The molecule has 0 aliphatic carbocycles. The summed E-state index contributed by atoms with van der Waals surface area (Å²) in [4.78, 5) is 13.3. The Morgan fingerprint density at radius 2 is 1.65 bits per heavy atom. The van der Waals surface area contributed by atoms with Crippen LogP contribution in [0.15, 0.2) is 72.8 Å². The van der Waals surface area contributed by atoms with Gasteiger partial charge in [0.15, 0.2) is 0 Å². The molecule has 0 bridgehead atoms. The van der Waals surface area contributed by atoms with Gasteiger partial charge in [-0.25, -0.2) is 4.79 Å². The zero-order chi connectivity index (χ0) is 21.8. The number of nitrogens with zero attached hydrogens (tertiary/aromatic N) is 2. The zero-order valence-electron chi connectivity index (χ0n) is 17.0. The van der Waals surface area contributed by atoms with Crippen molar-refractivity contribution in [2.45, 2.75) is 18.8 Å². The normalized spacial score (nSPS) is 15.3. The molecule has 4 rings (SSSR count). The van der Waals surface area contributed by atoms with Gasteiger partial charge in [0.2, 0.25) is 0 Å². The molecule has 0 radical (unpaired) electrons. The second-order valence-corrected chi connectivity index (χ2v) is 8.31. The second kappa shape index (κ2) is 9.24. The van der Waals surface area contributed by atoms with E-state index >= 15 is 0 Å². The van der Waals surface area contributed by atoms with Crippen LogP contribution in [-0.2, 0) is 0 Å². The summed E-state index contributed by atoms with van der Waals surface area (Å²) in [6, 6.07) is 25.5. The third kappa shape index (κ3) is 4.57. The smallest absolute Gasteiger partial charge is 0.335 e. The molecule has 0 saturated carbocycles. The highest BCUT2D eigenvalue weighted by Crippen LogP contribution is 2.38. The van der Waals surface area contributed by atoms with Crippen LogP contribution in [0.4, 0.5) is 5.69 Å². The summed E-state index contributed by atoms with van der Waals surface area (Å²) >= 11 is 6.05. The van der Waals surface area contributed by atoms with Gasteiger partial charge >= 0.3 is 5.97 Å². The molecule has 31 heavy (non-hydrogen) atoms. The summed E-state index contributed by atoms with van der Waals surface area (Å²) in [5, 5.41) is 19.9. The third-order valence-electron chi connectivity index (χ3n) is 6.08. The lowest BCUT2D eigenvalue weighted by Gasteiger charge is -2.36. The molecule has 0 spiro atoms. The van der Waals surface area contributed by atoms with Gasteiger partial charge in [-0.1, -0.05) is 48.0 Å². The monoisotopic (exact) mass is 430 g/mol. The van der Waals surface area contributed by atoms with Crippen molar-refractivity contribution in [3.05, 3.63) is 88.9 Å². The van der Waals surface area contributed by atoms with Crippen molar-refractivity contribution in [1.29, 1.82) is 5.26 Å². The Balaban J connectivity index is 1.51. The lowest BCUT2D eigenvalue weighted by atomic mass is 9.78. The Bertz CT molecular complexity index is 1100. The molecule has 3 aromatic carbocycles. The minimum Gasteiger partial charge on any atom is -0.478 e. The van der Waals surface area contributed by atoms with Crippen molar-refractivity contribution >= 4 is 23.3 Å². The van der Waals surface area contributed by atoms with Gasteiger partial charge in [-0.15, -0.1) is 0 Å². The summed E-state index contributed by atoms with van der Waals surface area (Å²) in [7, 11) is 0. The maximum Gasteiger partial charge on any atom is 0.335 e. The number of hydrogen-bond acceptors (Lipinski definition) is 3. The van der Waals surface area contributed by atoms with Crippen molar-refractivity contribution in [2.75, 3.05) is 18.0 Å². The third-order valence-corrected chi connectivity index (χ3v) is 6.33. The molecule has 1 N–H and O–H groups in total. The van der Waals surface area contributed by atoms with E-state index in [9.17, 15) is 10.1 Å². The summed E-state index contributed by atoms with van der Waals surface area (Å²) in [6.45, 7) is 1.69. The molecule has 1 atom stereocenters. The number of aromatic carboxylic acids is 1. The maximum absolute atomic E-state index is 11.1. The predicted molar refractivity (Wildman–Crippen MR) is 124 cm³/mol. The van der Waals surface area contributed by atoms with Crippen LogP contribution < -0.4 is 4.90 Å². The van der Waals surface area contributed by atoms with Crippen LogP contribution >= 0.6 is 11.6 Å². The van der Waals surface area contributed by atoms with Crippen molar-refractivity contribution < 1.29 is 9.90 Å². The number of anilines is 1. The Hall–Kier alpha value is -3.29. The molecule has 1 aliphatic rings. The summed E-state index contributed by atoms with van der Waals surface area (Å²) in [6.07, 6.45) is 1.82. The van der Waals surface area contributed by atoms with Crippen molar-refractivity contribution in [3.8, 4) is 17.2 Å². The van der Waals surface area contributed by atoms with E-state index in [1.165, 1.54) is 0 Å². The Labute approximate surface area is 187 Å². The Morgan fingerprint density at radius 3 is 2.26 bits per heavy atom. The number of carbonyl (C=O) groups is 1. The molecular weight excluding hydrogens is 408 g/mol. The quantitative estimate of drug-likeness (QED) is 0.521. The maximum atomic E-state index is 11.1. The van der Waals surface area contributed by atoms with E-state index in [0.717, 1.165) is 48.3 Å². The SMILES string of the molecule is N#C[C@H](c1ccccc1-c1ccc(Cl)cc1)C1CCN(c2ccc(C(=O)O)cc2)CC1. The standard InChI is InChI=1S/C26H23ClN2O2/c27-21-9-5-18(6-10-21)23-3-1-2-4-24(23)25(17-28)19-13-15-29(16-14-19)22-11-7-20(8-12-22)26(30)31/h1-12,19,25H,13-16H2,(H,30,31)/t25-/m0/s1. The zero-order valence-corrected chi connectivity index (χ0v) is 17.8. The highest BCUT2D eigenvalue weighted by Gasteiger charge is 2.29. The number of hydrogen-bond donors (Lipinski definition) is 1. The van der Waals surface area contributed by atoms with E-state index < -0.39 is 5.97 Å². The molecule has 1 saturated heterocycles. The number of benzene rings is 3. The number of nitriles is 1. The molecule has 5 heteroatoms. The topological polar surface area (TPSA) is 64.3 Å². The van der Waals surface area contributed by atoms with Gasteiger partial charge in [0.25, 0.3) is 0 Å². The van der Waals surface area contributed by atoms with E-state index in [2.05, 4.69) is 23.1 Å². The van der Waals surface area contributed by atoms with E-state index in [1.54, 1.807) is 12.1 Å². The fraction of sp³-hybridized carbons (Fsp3) is 0.231. The molecule has 0 amide bonds. The molecule has 156 valence electrons. The Morgan fingerprint density at radius 1 is 1.00 bits per heavy atom. The largest absolute Gasteiger partial charge is 0.478 e. The number of rotatable bonds is 5. The number of halogens is 1. The molecule has 0 aromatic heterocycles. The summed E-state index contributed by atoms with van der Waals surface area (Å²) < 4.78 is 0. The highest BCUT2D eigenvalue weighted by atomic mass is 35.5. The van der Waals surface area contributed by atoms with Gasteiger partial charge in [0, 0.05) is 23.8 Å². The molecule has 1 aliphatic heterocycles. The van der Waals surface area contributed by atoms with Gasteiger partial charge in [0.1, 0.15) is 0 Å². The van der Waals surface area contributed by atoms with Gasteiger partial charge in [-0.3, -0.25) is 0 Å². The van der Waals surface area contributed by atoms with Crippen molar-refractivity contribution in [3.63, 3.8) is 0 Å². The van der Waals surface area contributed by atoms with E-state index in [0.29, 0.717) is 10.6 Å². The minimum absolute atomic E-state index is 0.177. The van der Waals surface area contributed by atoms with Gasteiger partial charge < -0.3 is 10.0 Å². The van der Waals surface area contributed by atoms with Crippen LogP contribution in [0.2, 0.25) is 5.02 Å². The number of carboxylic acids is 1. The molecule has 0 unspecified atom stereocenters. The predicted octanol–water partition coefficient (Wildman–Crippen LogP) is 6.23. The summed E-state index contributed by atoms with van der Waals surface area (Å²) in [5.41, 5.74) is 4.53. The van der Waals surface area contributed by atoms with E-state index in [4.69, 9.17) is 16.7 Å². The first-order valence-electron chi connectivity index (χ1n) is 10.4. The first kappa shape index (κ1) is 21.0. The van der Waals surface area contributed by atoms with E-state index in [-0.39, 0.29) is 11.8 Å². The van der Waals surface area contributed by atoms with Crippen LogP contribution in [0.25, 0.3) is 11.1 Å². The molecule has 4 nitrogen and oxygen atoms in total. The number of piperidine rings is 1. The first-order chi connectivity index (χ1) is 15.1. The molecular formula is C26H23ClN2O2. The van der Waals surface area contributed by atoms with E-state index in [1.807, 2.05) is 48.5 Å². The van der Waals surface area contributed by atoms with Crippen LogP contribution in [0.3, 0.4) is 0 Å². The second-order valence-electron chi connectivity index (χ2n) is 7.88. The molecule has 3 aromatic rings. The average molecular weight is 431 g/mol. The lowest BCUT2D eigenvalue weighted by molar-refractivity contribution is 0.0697. The fourth-order valence-electron chi connectivity index (χ4n) is 4.40. The van der Waals surface area contributed by atoms with Crippen molar-refractivity contribution in [2.24, 2.45) is 5.92 Å². The van der Waals surface area contributed by atoms with Crippen LogP contribution in [-0.4, -0.2) is 24.2 Å². The molecule has 1 fully saturated rings.